The molecule has 1 saturated heterocycles. The average molecular weight is 429 g/mol. The van der Waals surface area contributed by atoms with Crippen molar-refractivity contribution >= 4 is 40.3 Å². The number of anilines is 1. The van der Waals surface area contributed by atoms with Crippen LogP contribution in [0.2, 0.25) is 0 Å². The van der Waals surface area contributed by atoms with E-state index in [4.69, 9.17) is 14.5 Å². The fraction of sp³-hybridized carbons (Fsp3) is 0.120. The highest BCUT2D eigenvalue weighted by atomic mass is 32.2. The van der Waals surface area contributed by atoms with Gasteiger partial charge in [0.15, 0.2) is 16.7 Å². The van der Waals surface area contributed by atoms with Crippen LogP contribution in [0.4, 0.5) is 11.4 Å². The molecule has 0 saturated carbocycles. The molecule has 2 heterocycles. The van der Waals surface area contributed by atoms with Crippen molar-refractivity contribution in [2.75, 3.05) is 11.7 Å². The molecule has 2 aliphatic heterocycles. The predicted octanol–water partition coefficient (Wildman–Crippen LogP) is 5.84. The fourth-order valence-electron chi connectivity index (χ4n) is 3.51. The van der Waals surface area contributed by atoms with Crippen LogP contribution in [0, 0.1) is 13.8 Å². The average Bonchev–Trinajstić information content (AvgIpc) is 3.32. The van der Waals surface area contributed by atoms with Gasteiger partial charge >= 0.3 is 0 Å². The number of fused-ring (bicyclic) bond motifs is 1. The third-order valence-corrected chi connectivity index (χ3v) is 5.96. The monoisotopic (exact) mass is 428 g/mol. The number of hydrogen-bond donors (Lipinski definition) is 0. The van der Waals surface area contributed by atoms with Crippen LogP contribution in [0.5, 0.6) is 11.5 Å². The fourth-order valence-corrected chi connectivity index (χ4v) is 4.51. The van der Waals surface area contributed by atoms with Gasteiger partial charge in [-0.15, -0.1) is 0 Å². The minimum absolute atomic E-state index is 0.0975. The van der Waals surface area contributed by atoms with E-state index in [9.17, 15) is 4.79 Å². The molecule has 1 fully saturated rings. The number of carbonyl (C=O) groups excluding carboxylic acids is 1. The molecule has 5 rings (SSSR count). The number of ether oxygens (including phenoxy) is 2. The lowest BCUT2D eigenvalue weighted by molar-refractivity contribution is -0.113. The number of thioether (sulfide) groups is 1. The third kappa shape index (κ3) is 3.94. The zero-order valence-corrected chi connectivity index (χ0v) is 18.0. The molecular formula is C25H20N2O3S. The van der Waals surface area contributed by atoms with E-state index in [0.717, 1.165) is 33.8 Å². The van der Waals surface area contributed by atoms with E-state index in [-0.39, 0.29) is 12.7 Å². The Morgan fingerprint density at radius 1 is 0.935 bits per heavy atom. The summed E-state index contributed by atoms with van der Waals surface area (Å²) in [7, 11) is 0. The highest BCUT2D eigenvalue weighted by Crippen LogP contribution is 2.39. The van der Waals surface area contributed by atoms with Crippen molar-refractivity contribution < 1.29 is 14.3 Å². The Kier molecular flexibility index (Phi) is 5.00. The molecule has 3 aromatic carbocycles. The molecule has 0 bridgehead atoms. The first-order valence-corrected chi connectivity index (χ1v) is 10.7. The van der Waals surface area contributed by atoms with E-state index in [2.05, 4.69) is 0 Å². The minimum Gasteiger partial charge on any atom is -0.454 e. The van der Waals surface area contributed by atoms with Gasteiger partial charge in [-0.2, -0.15) is 0 Å². The molecule has 0 aromatic heterocycles. The normalized spacial score (nSPS) is 17.7. The minimum atomic E-state index is -0.0975. The van der Waals surface area contributed by atoms with Crippen molar-refractivity contribution in [3.05, 3.63) is 88.3 Å². The maximum atomic E-state index is 13.4. The summed E-state index contributed by atoms with van der Waals surface area (Å²) in [5.74, 6) is 1.31. The van der Waals surface area contributed by atoms with Crippen molar-refractivity contribution in [3.63, 3.8) is 0 Å². The molecule has 1 amide bonds. The highest BCUT2D eigenvalue weighted by Gasteiger charge is 2.35. The molecular weight excluding hydrogens is 408 g/mol. The molecule has 0 N–H and O–H groups in total. The molecule has 0 spiro atoms. The summed E-state index contributed by atoms with van der Waals surface area (Å²) < 4.78 is 10.8. The number of hydrogen-bond acceptors (Lipinski definition) is 5. The lowest BCUT2D eigenvalue weighted by Crippen LogP contribution is -2.28. The Balaban J connectivity index is 1.56. The van der Waals surface area contributed by atoms with Crippen LogP contribution in [0.1, 0.15) is 16.7 Å². The topological polar surface area (TPSA) is 51.1 Å². The largest absolute Gasteiger partial charge is 0.454 e. The number of carbonyl (C=O) groups is 1. The number of benzene rings is 3. The molecule has 0 atom stereocenters. The zero-order chi connectivity index (χ0) is 21.4. The second-order valence-electron chi connectivity index (χ2n) is 7.44. The van der Waals surface area contributed by atoms with Crippen molar-refractivity contribution in [2.24, 2.45) is 4.99 Å². The van der Waals surface area contributed by atoms with Crippen LogP contribution in [0.25, 0.3) is 6.08 Å². The zero-order valence-electron chi connectivity index (χ0n) is 17.2. The van der Waals surface area contributed by atoms with Gasteiger partial charge in [0, 0.05) is 0 Å². The Labute approximate surface area is 185 Å². The first kappa shape index (κ1) is 19.5. The summed E-state index contributed by atoms with van der Waals surface area (Å²) >= 11 is 1.37. The summed E-state index contributed by atoms with van der Waals surface area (Å²) in [6, 6.07) is 21.5. The highest BCUT2D eigenvalue weighted by molar-refractivity contribution is 8.19. The predicted molar refractivity (Wildman–Crippen MR) is 125 cm³/mol. The van der Waals surface area contributed by atoms with Gasteiger partial charge in [-0.3, -0.25) is 9.69 Å². The molecule has 6 heteroatoms. The molecule has 154 valence electrons. The molecule has 2 aliphatic rings. The van der Waals surface area contributed by atoms with Crippen molar-refractivity contribution in [3.8, 4) is 11.5 Å². The van der Waals surface area contributed by atoms with Crippen LogP contribution in [-0.2, 0) is 4.79 Å². The van der Waals surface area contributed by atoms with E-state index in [1.165, 1.54) is 11.8 Å². The molecule has 0 unspecified atom stereocenters. The molecule has 5 nitrogen and oxygen atoms in total. The van der Waals surface area contributed by atoms with Gasteiger partial charge in [0.1, 0.15) is 0 Å². The van der Waals surface area contributed by atoms with Crippen LogP contribution >= 0.6 is 11.8 Å². The Morgan fingerprint density at radius 3 is 2.52 bits per heavy atom. The van der Waals surface area contributed by atoms with Crippen LogP contribution < -0.4 is 14.4 Å². The van der Waals surface area contributed by atoms with Gasteiger partial charge in [0.2, 0.25) is 6.79 Å². The number of nitrogens with zero attached hydrogens (tertiary/aromatic N) is 2. The van der Waals surface area contributed by atoms with E-state index in [1.807, 2.05) is 86.7 Å². The Bertz CT molecular complexity index is 1250. The number of amides is 1. The first-order valence-electron chi connectivity index (χ1n) is 9.92. The van der Waals surface area contributed by atoms with Crippen LogP contribution in [-0.4, -0.2) is 17.9 Å². The summed E-state index contributed by atoms with van der Waals surface area (Å²) in [6.07, 6.45) is 1.87. The second kappa shape index (κ2) is 7.96. The van der Waals surface area contributed by atoms with Gasteiger partial charge in [-0.25, -0.2) is 4.99 Å². The molecule has 31 heavy (non-hydrogen) atoms. The SMILES string of the molecule is Cc1cccc(N=C2SC(=Cc3ccc4c(c3)OCO4)C(=O)N2c2cccc(C)c2)c1. The summed E-state index contributed by atoms with van der Waals surface area (Å²) in [5, 5.41) is 0.633. The number of amidine groups is 1. The maximum Gasteiger partial charge on any atom is 0.271 e. The van der Waals surface area contributed by atoms with Crippen molar-refractivity contribution in [1.29, 1.82) is 0 Å². The van der Waals surface area contributed by atoms with Gasteiger partial charge in [0.25, 0.3) is 5.91 Å². The molecule has 0 radical (unpaired) electrons. The van der Waals surface area contributed by atoms with E-state index in [1.54, 1.807) is 4.90 Å². The Morgan fingerprint density at radius 2 is 1.71 bits per heavy atom. The number of aliphatic imine (C=N–C) groups is 1. The first-order chi connectivity index (χ1) is 15.1. The number of rotatable bonds is 3. The van der Waals surface area contributed by atoms with Crippen LogP contribution in [0.3, 0.4) is 0 Å². The third-order valence-electron chi connectivity index (χ3n) is 4.99. The van der Waals surface area contributed by atoms with E-state index in [0.29, 0.717) is 15.8 Å². The quantitative estimate of drug-likeness (QED) is 0.492. The van der Waals surface area contributed by atoms with Gasteiger partial charge in [0.05, 0.1) is 16.3 Å². The lowest BCUT2D eigenvalue weighted by Gasteiger charge is -2.16. The smallest absolute Gasteiger partial charge is 0.271 e. The van der Waals surface area contributed by atoms with Gasteiger partial charge in [-0.05, 0) is 84.8 Å². The maximum absolute atomic E-state index is 13.4. The van der Waals surface area contributed by atoms with Crippen molar-refractivity contribution in [2.45, 2.75) is 13.8 Å². The summed E-state index contributed by atoms with van der Waals surface area (Å²) in [6.45, 7) is 4.26. The standard InChI is InChI=1S/C25H20N2O3S/c1-16-5-3-7-19(11-16)26-25-27(20-8-4-6-17(2)12-20)24(28)23(31-25)14-18-9-10-21-22(13-18)30-15-29-21/h3-14H,15H2,1-2H3. The van der Waals surface area contributed by atoms with Gasteiger partial charge < -0.3 is 9.47 Å². The lowest BCUT2D eigenvalue weighted by atomic mass is 10.1. The van der Waals surface area contributed by atoms with Gasteiger partial charge in [-0.1, -0.05) is 30.3 Å². The van der Waals surface area contributed by atoms with E-state index < -0.39 is 0 Å². The van der Waals surface area contributed by atoms with Crippen LogP contribution in [0.15, 0.2) is 76.6 Å². The second-order valence-corrected chi connectivity index (χ2v) is 8.45. The van der Waals surface area contributed by atoms with Crippen molar-refractivity contribution in [1.82, 2.24) is 0 Å². The Hall–Kier alpha value is -3.51. The summed E-state index contributed by atoms with van der Waals surface area (Å²) in [4.78, 5) is 20.5. The summed E-state index contributed by atoms with van der Waals surface area (Å²) in [5.41, 5.74) is 4.70. The molecule has 0 aliphatic carbocycles. The molecule has 3 aromatic rings. The number of aryl methyl sites for hydroxylation is 2. The van der Waals surface area contributed by atoms with E-state index >= 15 is 0 Å².